The highest BCUT2D eigenvalue weighted by molar-refractivity contribution is 9.10. The van der Waals surface area contributed by atoms with Gasteiger partial charge in [0.05, 0.1) is 12.7 Å². The van der Waals surface area contributed by atoms with Gasteiger partial charge < -0.3 is 9.73 Å². The number of hydrogen-bond donors (Lipinski definition) is 1. The normalized spacial score (nSPS) is 11.8. The van der Waals surface area contributed by atoms with E-state index in [9.17, 15) is 0 Å². The van der Waals surface area contributed by atoms with E-state index in [0.717, 1.165) is 15.8 Å². The molecule has 19 heavy (non-hydrogen) atoms. The quantitative estimate of drug-likeness (QED) is 0.915. The van der Waals surface area contributed by atoms with Gasteiger partial charge in [0, 0.05) is 15.6 Å². The summed E-state index contributed by atoms with van der Waals surface area (Å²) >= 11 is 3.56. The Kier molecular flexibility index (Phi) is 4.11. The third-order valence-electron chi connectivity index (χ3n) is 2.71. The highest BCUT2D eigenvalue weighted by Crippen LogP contribution is 2.29. The summed E-state index contributed by atoms with van der Waals surface area (Å²) in [4.78, 5) is 4.31. The van der Waals surface area contributed by atoms with Gasteiger partial charge in [-0.2, -0.15) is 0 Å². The second-order valence-electron chi connectivity index (χ2n) is 5.71. The van der Waals surface area contributed by atoms with Crippen LogP contribution in [0.15, 0.2) is 33.3 Å². The lowest BCUT2D eigenvalue weighted by molar-refractivity contribution is 0.383. The molecule has 1 aromatic carbocycles. The molecule has 0 aliphatic carbocycles. The summed E-state index contributed by atoms with van der Waals surface area (Å²) < 4.78 is 6.81. The van der Waals surface area contributed by atoms with Crippen LogP contribution in [0.25, 0.3) is 11.3 Å². The number of aryl methyl sites for hydroxylation is 1. The van der Waals surface area contributed by atoms with Crippen molar-refractivity contribution in [2.45, 2.75) is 39.8 Å². The first kappa shape index (κ1) is 14.3. The molecule has 0 bridgehead atoms. The van der Waals surface area contributed by atoms with E-state index in [2.05, 4.69) is 66.1 Å². The molecule has 1 aromatic heterocycles. The zero-order valence-electron chi connectivity index (χ0n) is 11.7. The molecule has 2 aromatic rings. The summed E-state index contributed by atoms with van der Waals surface area (Å²) in [5, 5.41) is 3.36. The largest absolute Gasteiger partial charge is 0.439 e. The maximum absolute atomic E-state index is 5.78. The zero-order valence-corrected chi connectivity index (χ0v) is 13.3. The minimum Gasteiger partial charge on any atom is -0.439 e. The Balaban J connectivity index is 2.16. The van der Waals surface area contributed by atoms with Crippen molar-refractivity contribution < 1.29 is 4.42 Å². The van der Waals surface area contributed by atoms with Crippen LogP contribution in [0.4, 0.5) is 0 Å². The predicted octanol–water partition coefficient (Wildman–Crippen LogP) is 4.30. The third-order valence-corrected chi connectivity index (χ3v) is 3.37. The molecule has 1 N–H and O–H groups in total. The second kappa shape index (κ2) is 5.47. The number of nitrogens with zero attached hydrogens (tertiary/aromatic N) is 1. The molecule has 0 spiro atoms. The number of rotatable bonds is 3. The van der Waals surface area contributed by atoms with Crippen molar-refractivity contribution >= 4 is 15.9 Å². The third kappa shape index (κ3) is 3.91. The molecule has 0 fully saturated rings. The van der Waals surface area contributed by atoms with Crippen LogP contribution >= 0.6 is 15.9 Å². The Hall–Kier alpha value is -1.13. The van der Waals surface area contributed by atoms with Crippen LogP contribution in [0.1, 0.15) is 32.2 Å². The Morgan fingerprint density at radius 3 is 2.68 bits per heavy atom. The van der Waals surface area contributed by atoms with E-state index < -0.39 is 0 Å². The van der Waals surface area contributed by atoms with Crippen LogP contribution < -0.4 is 5.32 Å². The number of oxazole rings is 1. The highest BCUT2D eigenvalue weighted by atomic mass is 79.9. The molecule has 0 radical (unpaired) electrons. The van der Waals surface area contributed by atoms with E-state index >= 15 is 0 Å². The van der Waals surface area contributed by atoms with Crippen molar-refractivity contribution in [2.24, 2.45) is 0 Å². The molecule has 4 heteroatoms. The summed E-state index contributed by atoms with van der Waals surface area (Å²) in [6.07, 6.45) is 1.77. The fraction of sp³-hybridized carbons (Fsp3) is 0.400. The van der Waals surface area contributed by atoms with E-state index in [0.29, 0.717) is 12.4 Å². The summed E-state index contributed by atoms with van der Waals surface area (Å²) in [7, 11) is 0. The molecule has 0 aliphatic heterocycles. The average molecular weight is 323 g/mol. The summed E-state index contributed by atoms with van der Waals surface area (Å²) in [5.74, 6) is 1.50. The van der Waals surface area contributed by atoms with Crippen LogP contribution in [0, 0.1) is 6.92 Å². The Bertz CT molecular complexity index is 570. The zero-order chi connectivity index (χ0) is 14.0. The lowest BCUT2D eigenvalue weighted by Gasteiger charge is -2.18. The Morgan fingerprint density at radius 2 is 2.05 bits per heavy atom. The highest BCUT2D eigenvalue weighted by Gasteiger charge is 2.13. The number of halogens is 1. The predicted molar refractivity (Wildman–Crippen MR) is 81.0 cm³/mol. The second-order valence-corrected chi connectivity index (χ2v) is 6.56. The lowest BCUT2D eigenvalue weighted by atomic mass is 10.1. The average Bonchev–Trinajstić information content (AvgIpc) is 2.74. The Morgan fingerprint density at radius 1 is 1.32 bits per heavy atom. The van der Waals surface area contributed by atoms with E-state index in [1.807, 2.05) is 6.07 Å². The topological polar surface area (TPSA) is 38.1 Å². The number of aromatic nitrogens is 1. The van der Waals surface area contributed by atoms with Crippen molar-refractivity contribution in [3.63, 3.8) is 0 Å². The first-order chi connectivity index (χ1) is 8.85. The van der Waals surface area contributed by atoms with E-state index in [4.69, 9.17) is 4.42 Å². The fourth-order valence-corrected chi connectivity index (χ4v) is 2.37. The van der Waals surface area contributed by atoms with Crippen LogP contribution in [0.5, 0.6) is 0 Å². The van der Waals surface area contributed by atoms with E-state index in [1.54, 1.807) is 6.20 Å². The lowest BCUT2D eigenvalue weighted by Crippen LogP contribution is -2.35. The monoisotopic (exact) mass is 322 g/mol. The van der Waals surface area contributed by atoms with Gasteiger partial charge in [0.25, 0.3) is 0 Å². The van der Waals surface area contributed by atoms with Crippen LogP contribution in [-0.4, -0.2) is 10.5 Å². The number of hydrogen-bond acceptors (Lipinski definition) is 3. The smallest absolute Gasteiger partial charge is 0.208 e. The molecule has 0 aliphatic rings. The van der Waals surface area contributed by atoms with Crippen LogP contribution in [-0.2, 0) is 6.54 Å². The summed E-state index contributed by atoms with van der Waals surface area (Å²) in [5.41, 5.74) is 2.30. The van der Waals surface area contributed by atoms with Gasteiger partial charge >= 0.3 is 0 Å². The minimum atomic E-state index is 0.0546. The van der Waals surface area contributed by atoms with Gasteiger partial charge in [-0.1, -0.05) is 22.0 Å². The number of benzene rings is 1. The van der Waals surface area contributed by atoms with Crippen molar-refractivity contribution in [3.8, 4) is 11.3 Å². The first-order valence-electron chi connectivity index (χ1n) is 6.31. The van der Waals surface area contributed by atoms with E-state index in [-0.39, 0.29) is 5.54 Å². The van der Waals surface area contributed by atoms with Gasteiger partial charge in [-0.15, -0.1) is 0 Å². The molecule has 0 atom stereocenters. The molecule has 0 amide bonds. The van der Waals surface area contributed by atoms with Gasteiger partial charge in [-0.3, -0.25) is 0 Å². The van der Waals surface area contributed by atoms with Gasteiger partial charge in [0.2, 0.25) is 5.89 Å². The molecule has 0 saturated heterocycles. The molecular formula is C15H19BrN2O. The molecule has 2 rings (SSSR count). The fourth-order valence-electron chi connectivity index (χ4n) is 1.68. The molecule has 102 valence electrons. The number of nitrogens with one attached hydrogen (secondary N) is 1. The molecule has 1 heterocycles. The van der Waals surface area contributed by atoms with Crippen molar-refractivity contribution in [1.82, 2.24) is 10.3 Å². The molecule has 0 saturated carbocycles. The van der Waals surface area contributed by atoms with Gasteiger partial charge in [-0.25, -0.2) is 4.98 Å². The molecular weight excluding hydrogens is 304 g/mol. The van der Waals surface area contributed by atoms with E-state index in [1.165, 1.54) is 5.56 Å². The van der Waals surface area contributed by atoms with Crippen molar-refractivity contribution in [1.29, 1.82) is 0 Å². The van der Waals surface area contributed by atoms with Gasteiger partial charge in [-0.05, 0) is 45.4 Å². The summed E-state index contributed by atoms with van der Waals surface area (Å²) in [6.45, 7) is 9.05. The van der Waals surface area contributed by atoms with Crippen molar-refractivity contribution in [3.05, 3.63) is 40.3 Å². The van der Waals surface area contributed by atoms with Gasteiger partial charge in [0.1, 0.15) is 0 Å². The Labute approximate surface area is 122 Å². The standard InChI is InChI=1S/C15H19BrN2O/c1-10-5-6-11(12(16)7-10)13-8-17-14(19-13)9-18-15(2,3)4/h5-8,18H,9H2,1-4H3. The van der Waals surface area contributed by atoms with Crippen LogP contribution in [0.2, 0.25) is 0 Å². The molecule has 0 unspecified atom stereocenters. The summed E-state index contributed by atoms with van der Waals surface area (Å²) in [6, 6.07) is 6.18. The van der Waals surface area contributed by atoms with Crippen LogP contribution in [0.3, 0.4) is 0 Å². The maximum atomic E-state index is 5.78. The SMILES string of the molecule is Cc1ccc(-c2cnc(CNC(C)(C)C)o2)c(Br)c1. The van der Waals surface area contributed by atoms with Crippen molar-refractivity contribution in [2.75, 3.05) is 0 Å². The maximum Gasteiger partial charge on any atom is 0.208 e. The van der Waals surface area contributed by atoms with Gasteiger partial charge in [0.15, 0.2) is 5.76 Å². The molecule has 3 nitrogen and oxygen atoms in total. The minimum absolute atomic E-state index is 0.0546. The first-order valence-corrected chi connectivity index (χ1v) is 7.11.